The van der Waals surface area contributed by atoms with Crippen LogP contribution in [0.15, 0.2) is 22.6 Å². The zero-order valence-corrected chi connectivity index (χ0v) is 10.9. The summed E-state index contributed by atoms with van der Waals surface area (Å²) in [6.07, 6.45) is 0. The minimum Gasteiger partial charge on any atom is -0.493 e. The minimum atomic E-state index is -1.35. The molecule has 1 unspecified atom stereocenters. The maximum absolute atomic E-state index is 10.7. The average Bonchev–Trinajstić information content (AvgIpc) is 2.95. The summed E-state index contributed by atoms with van der Waals surface area (Å²) in [5.41, 5.74) is 5.96. The number of aromatic nitrogens is 2. The van der Waals surface area contributed by atoms with E-state index in [1.807, 2.05) is 0 Å². The van der Waals surface area contributed by atoms with Gasteiger partial charge in [-0.15, -0.1) is 10.2 Å². The zero-order chi connectivity index (χ0) is 14.7. The highest BCUT2D eigenvalue weighted by atomic mass is 16.5. The van der Waals surface area contributed by atoms with Gasteiger partial charge >= 0.3 is 5.97 Å². The van der Waals surface area contributed by atoms with Crippen LogP contribution in [0.25, 0.3) is 11.5 Å². The molecule has 0 aliphatic rings. The number of carbonyl (C=O) groups is 1. The van der Waals surface area contributed by atoms with E-state index in [9.17, 15) is 4.79 Å². The lowest BCUT2D eigenvalue weighted by atomic mass is 10.2. The van der Waals surface area contributed by atoms with Crippen molar-refractivity contribution in [2.45, 2.75) is 6.04 Å². The van der Waals surface area contributed by atoms with Crippen LogP contribution >= 0.6 is 0 Å². The molecular weight excluding hydrogens is 266 g/mol. The number of ether oxygens (including phenoxy) is 2. The van der Waals surface area contributed by atoms with E-state index >= 15 is 0 Å². The van der Waals surface area contributed by atoms with Crippen LogP contribution in [0.5, 0.6) is 11.5 Å². The Balaban J connectivity index is 2.35. The van der Waals surface area contributed by atoms with E-state index in [-0.39, 0.29) is 11.8 Å². The van der Waals surface area contributed by atoms with E-state index in [0.29, 0.717) is 17.1 Å². The topological polar surface area (TPSA) is 121 Å². The first-order valence-electron chi connectivity index (χ1n) is 5.61. The van der Waals surface area contributed by atoms with Crippen LogP contribution in [0.1, 0.15) is 11.9 Å². The van der Waals surface area contributed by atoms with Crippen LogP contribution in [0.4, 0.5) is 0 Å². The summed E-state index contributed by atoms with van der Waals surface area (Å²) in [7, 11) is 3.02. The molecule has 0 bridgehead atoms. The van der Waals surface area contributed by atoms with Crippen molar-refractivity contribution in [2.75, 3.05) is 14.2 Å². The first kappa shape index (κ1) is 13.8. The predicted octanol–water partition coefficient (Wildman–Crippen LogP) is 0.838. The number of benzene rings is 1. The lowest BCUT2D eigenvalue weighted by molar-refractivity contribution is -0.139. The van der Waals surface area contributed by atoms with E-state index in [2.05, 4.69) is 10.2 Å². The van der Waals surface area contributed by atoms with Gasteiger partial charge in [-0.2, -0.15) is 0 Å². The Bertz CT molecular complexity index is 625. The number of methoxy groups -OCH3 is 2. The molecule has 8 heteroatoms. The summed E-state index contributed by atoms with van der Waals surface area (Å²) in [4.78, 5) is 10.7. The SMILES string of the molecule is COc1ccc(-c2nnc(C(N)C(=O)O)o2)cc1OC. The van der Waals surface area contributed by atoms with Crippen molar-refractivity contribution in [2.24, 2.45) is 5.73 Å². The monoisotopic (exact) mass is 279 g/mol. The third-order valence-electron chi connectivity index (χ3n) is 2.60. The van der Waals surface area contributed by atoms with Crippen molar-refractivity contribution < 1.29 is 23.8 Å². The zero-order valence-electron chi connectivity index (χ0n) is 10.9. The number of nitrogens with two attached hydrogens (primary N) is 1. The van der Waals surface area contributed by atoms with Gasteiger partial charge in [0.15, 0.2) is 17.5 Å². The summed E-state index contributed by atoms with van der Waals surface area (Å²) in [5, 5.41) is 16.2. The molecule has 0 amide bonds. The molecule has 20 heavy (non-hydrogen) atoms. The highest BCUT2D eigenvalue weighted by Gasteiger charge is 2.22. The Morgan fingerprint density at radius 3 is 2.60 bits per heavy atom. The standard InChI is InChI=1S/C12H13N3O5/c1-18-7-4-3-6(5-8(7)19-2)10-14-15-11(20-10)9(13)12(16)17/h3-5,9H,13H2,1-2H3,(H,16,17). The van der Waals surface area contributed by atoms with Gasteiger partial charge in [0.25, 0.3) is 0 Å². The van der Waals surface area contributed by atoms with Gasteiger partial charge in [0.1, 0.15) is 0 Å². The van der Waals surface area contributed by atoms with Crippen molar-refractivity contribution >= 4 is 5.97 Å². The first-order chi connectivity index (χ1) is 9.56. The number of aliphatic carboxylic acids is 1. The average molecular weight is 279 g/mol. The normalized spacial score (nSPS) is 11.9. The van der Waals surface area contributed by atoms with Crippen LogP contribution in [-0.4, -0.2) is 35.5 Å². The second kappa shape index (κ2) is 5.57. The molecule has 1 heterocycles. The van der Waals surface area contributed by atoms with Crippen LogP contribution in [0.3, 0.4) is 0 Å². The van der Waals surface area contributed by atoms with Crippen molar-refractivity contribution in [1.29, 1.82) is 0 Å². The lowest BCUT2D eigenvalue weighted by Crippen LogP contribution is -2.20. The highest BCUT2D eigenvalue weighted by molar-refractivity contribution is 5.73. The molecule has 2 rings (SSSR count). The fourth-order valence-corrected chi connectivity index (χ4v) is 1.55. The van der Waals surface area contributed by atoms with E-state index in [1.165, 1.54) is 14.2 Å². The number of nitrogens with zero attached hydrogens (tertiary/aromatic N) is 2. The van der Waals surface area contributed by atoms with Gasteiger partial charge in [-0.3, -0.25) is 0 Å². The number of hydrogen-bond acceptors (Lipinski definition) is 7. The number of hydrogen-bond donors (Lipinski definition) is 2. The van der Waals surface area contributed by atoms with Gasteiger partial charge in [-0.25, -0.2) is 4.79 Å². The molecule has 3 N–H and O–H groups in total. The summed E-state index contributed by atoms with van der Waals surface area (Å²) >= 11 is 0. The van der Waals surface area contributed by atoms with E-state index in [4.69, 9.17) is 24.7 Å². The largest absolute Gasteiger partial charge is 0.493 e. The Labute approximate surface area is 114 Å². The molecule has 0 spiro atoms. The van der Waals surface area contributed by atoms with Gasteiger partial charge in [-0.1, -0.05) is 0 Å². The molecule has 1 atom stereocenters. The molecule has 0 saturated heterocycles. The fraction of sp³-hybridized carbons (Fsp3) is 0.250. The van der Waals surface area contributed by atoms with E-state index in [0.717, 1.165) is 0 Å². The third-order valence-corrected chi connectivity index (χ3v) is 2.60. The fourth-order valence-electron chi connectivity index (χ4n) is 1.55. The molecule has 106 valence electrons. The molecule has 8 nitrogen and oxygen atoms in total. The second-order valence-electron chi connectivity index (χ2n) is 3.83. The second-order valence-corrected chi connectivity index (χ2v) is 3.83. The molecule has 1 aromatic carbocycles. The molecule has 0 radical (unpaired) electrons. The maximum Gasteiger partial charge on any atom is 0.330 e. The Kier molecular flexibility index (Phi) is 3.85. The highest BCUT2D eigenvalue weighted by Crippen LogP contribution is 2.32. The van der Waals surface area contributed by atoms with Gasteiger partial charge in [0.2, 0.25) is 11.8 Å². The van der Waals surface area contributed by atoms with E-state index < -0.39 is 12.0 Å². The first-order valence-corrected chi connectivity index (χ1v) is 5.61. The number of carboxylic acids is 1. The summed E-state index contributed by atoms with van der Waals surface area (Å²) in [5.74, 6) is -0.210. The molecule has 1 aromatic heterocycles. The van der Waals surface area contributed by atoms with Crippen LogP contribution in [0.2, 0.25) is 0 Å². The lowest BCUT2D eigenvalue weighted by Gasteiger charge is -2.07. The predicted molar refractivity (Wildman–Crippen MR) is 67.4 cm³/mol. The summed E-state index contributed by atoms with van der Waals surface area (Å²) in [6.45, 7) is 0. The quantitative estimate of drug-likeness (QED) is 0.825. The van der Waals surface area contributed by atoms with Crippen LogP contribution < -0.4 is 15.2 Å². The van der Waals surface area contributed by atoms with Gasteiger partial charge in [0.05, 0.1) is 14.2 Å². The van der Waals surface area contributed by atoms with Crippen molar-refractivity contribution in [3.05, 3.63) is 24.1 Å². The molecule has 0 aliphatic carbocycles. The smallest absolute Gasteiger partial charge is 0.330 e. The van der Waals surface area contributed by atoms with E-state index in [1.54, 1.807) is 18.2 Å². The van der Waals surface area contributed by atoms with Gasteiger partial charge in [0, 0.05) is 5.56 Å². The van der Waals surface area contributed by atoms with Crippen molar-refractivity contribution in [1.82, 2.24) is 10.2 Å². The number of rotatable bonds is 5. The molecular formula is C12H13N3O5. The molecule has 0 aliphatic heterocycles. The van der Waals surface area contributed by atoms with Crippen LogP contribution in [-0.2, 0) is 4.79 Å². The Morgan fingerprint density at radius 1 is 1.30 bits per heavy atom. The van der Waals surface area contributed by atoms with Crippen molar-refractivity contribution in [3.63, 3.8) is 0 Å². The molecule has 2 aromatic rings. The Morgan fingerprint density at radius 2 is 2.00 bits per heavy atom. The van der Waals surface area contributed by atoms with Crippen molar-refractivity contribution in [3.8, 4) is 23.0 Å². The maximum atomic E-state index is 10.7. The van der Waals surface area contributed by atoms with Gasteiger partial charge in [-0.05, 0) is 18.2 Å². The number of carboxylic acid groups (broad SMARTS) is 1. The Hall–Kier alpha value is -2.61. The summed E-state index contributed by atoms with van der Waals surface area (Å²) in [6, 6.07) is 3.65. The molecule has 0 fully saturated rings. The summed E-state index contributed by atoms with van der Waals surface area (Å²) < 4.78 is 15.5. The van der Waals surface area contributed by atoms with Crippen LogP contribution in [0, 0.1) is 0 Å². The molecule has 0 saturated carbocycles. The third kappa shape index (κ3) is 2.54. The minimum absolute atomic E-state index is 0.151. The van der Waals surface area contributed by atoms with Gasteiger partial charge < -0.3 is 24.7 Å².